The van der Waals surface area contributed by atoms with E-state index in [1.807, 2.05) is 0 Å². The van der Waals surface area contributed by atoms with Gasteiger partial charge in [-0.1, -0.05) is 0 Å². The lowest BCUT2D eigenvalue weighted by Crippen LogP contribution is -2.50. The summed E-state index contributed by atoms with van der Waals surface area (Å²) < 4.78 is 67.4. The number of sulfonamides is 1. The highest BCUT2D eigenvalue weighted by Crippen LogP contribution is 2.33. The Hall–Kier alpha value is -2.92. The molecule has 0 radical (unpaired) electrons. The highest BCUT2D eigenvalue weighted by molar-refractivity contribution is 7.89. The van der Waals surface area contributed by atoms with E-state index in [0.29, 0.717) is 36.7 Å². The van der Waals surface area contributed by atoms with Crippen LogP contribution in [0.2, 0.25) is 0 Å². The lowest BCUT2D eigenvalue weighted by molar-refractivity contribution is -0.0498. The van der Waals surface area contributed by atoms with Gasteiger partial charge in [-0.15, -0.1) is 0 Å². The molecule has 1 fully saturated rings. The summed E-state index contributed by atoms with van der Waals surface area (Å²) in [6.45, 7) is -1.30. The SMILES string of the molecule is O=C(c1ccc(OC(F)F)cc1)N1CCN(S(=O)(=O)c2ccc3c(c2)OCCCO3)CC1. The summed E-state index contributed by atoms with van der Waals surface area (Å²) in [5.74, 6) is 0.572. The van der Waals surface area contributed by atoms with Crippen molar-refractivity contribution in [2.45, 2.75) is 17.9 Å². The Balaban J connectivity index is 1.40. The molecule has 1 amide bonds. The second-order valence-electron chi connectivity index (χ2n) is 7.26. The summed E-state index contributed by atoms with van der Waals surface area (Å²) in [4.78, 5) is 14.3. The van der Waals surface area contributed by atoms with Crippen molar-refractivity contribution in [3.63, 3.8) is 0 Å². The van der Waals surface area contributed by atoms with Crippen LogP contribution >= 0.6 is 0 Å². The van der Waals surface area contributed by atoms with E-state index < -0.39 is 16.6 Å². The molecule has 0 N–H and O–H groups in total. The van der Waals surface area contributed by atoms with Gasteiger partial charge < -0.3 is 19.1 Å². The van der Waals surface area contributed by atoms with Crippen molar-refractivity contribution in [3.05, 3.63) is 48.0 Å². The molecule has 0 unspecified atom stereocenters. The van der Waals surface area contributed by atoms with Gasteiger partial charge in [-0.3, -0.25) is 4.79 Å². The summed E-state index contributed by atoms with van der Waals surface area (Å²) in [7, 11) is -3.77. The monoisotopic (exact) mass is 468 g/mol. The number of fused-ring (bicyclic) bond motifs is 1. The third-order valence-electron chi connectivity index (χ3n) is 5.21. The average molecular weight is 468 g/mol. The molecule has 11 heteroatoms. The number of carbonyl (C=O) groups excluding carboxylic acids is 1. The van der Waals surface area contributed by atoms with Gasteiger partial charge in [-0.05, 0) is 36.4 Å². The van der Waals surface area contributed by atoms with E-state index in [4.69, 9.17) is 9.47 Å². The second kappa shape index (κ2) is 9.29. The van der Waals surface area contributed by atoms with Gasteiger partial charge in [-0.25, -0.2) is 8.42 Å². The number of hydrogen-bond donors (Lipinski definition) is 0. The molecule has 4 rings (SSSR count). The number of hydrogen-bond acceptors (Lipinski definition) is 6. The molecule has 2 aliphatic heterocycles. The minimum atomic E-state index is -3.77. The number of benzene rings is 2. The van der Waals surface area contributed by atoms with Gasteiger partial charge >= 0.3 is 6.61 Å². The van der Waals surface area contributed by atoms with E-state index in [9.17, 15) is 22.0 Å². The highest BCUT2D eigenvalue weighted by atomic mass is 32.2. The van der Waals surface area contributed by atoms with Crippen molar-refractivity contribution >= 4 is 15.9 Å². The van der Waals surface area contributed by atoms with Gasteiger partial charge in [0, 0.05) is 44.2 Å². The Morgan fingerprint density at radius 3 is 2.25 bits per heavy atom. The number of carbonyl (C=O) groups is 1. The molecule has 32 heavy (non-hydrogen) atoms. The topological polar surface area (TPSA) is 85.4 Å². The van der Waals surface area contributed by atoms with Gasteiger partial charge in [0.15, 0.2) is 11.5 Å². The molecule has 1 saturated heterocycles. The number of rotatable bonds is 5. The van der Waals surface area contributed by atoms with Crippen LogP contribution < -0.4 is 14.2 Å². The molecule has 2 aromatic rings. The smallest absolute Gasteiger partial charge is 0.387 e. The van der Waals surface area contributed by atoms with Gasteiger partial charge in [-0.2, -0.15) is 13.1 Å². The summed E-state index contributed by atoms with van der Waals surface area (Å²) >= 11 is 0. The van der Waals surface area contributed by atoms with Crippen LogP contribution in [-0.4, -0.2) is 69.5 Å². The zero-order chi connectivity index (χ0) is 22.7. The molecular formula is C21H22F2N2O6S. The van der Waals surface area contributed by atoms with Crippen LogP contribution in [0, 0.1) is 0 Å². The lowest BCUT2D eigenvalue weighted by Gasteiger charge is -2.34. The number of alkyl halides is 2. The molecule has 0 aliphatic carbocycles. The van der Waals surface area contributed by atoms with E-state index in [1.54, 1.807) is 6.07 Å². The molecule has 2 aromatic carbocycles. The Morgan fingerprint density at radius 1 is 0.938 bits per heavy atom. The van der Waals surface area contributed by atoms with Crippen LogP contribution in [0.4, 0.5) is 8.78 Å². The summed E-state index contributed by atoms with van der Waals surface area (Å²) in [5, 5.41) is 0. The zero-order valence-corrected chi connectivity index (χ0v) is 17.9. The summed E-state index contributed by atoms with van der Waals surface area (Å²) in [6, 6.07) is 9.95. The van der Waals surface area contributed by atoms with Crippen molar-refractivity contribution in [1.82, 2.24) is 9.21 Å². The van der Waals surface area contributed by atoms with E-state index in [-0.39, 0.29) is 42.7 Å². The molecule has 0 atom stereocenters. The fourth-order valence-electron chi connectivity index (χ4n) is 3.55. The average Bonchev–Trinajstić information content (AvgIpc) is 3.04. The van der Waals surface area contributed by atoms with E-state index >= 15 is 0 Å². The number of halogens is 2. The minimum absolute atomic E-state index is 0.0393. The predicted molar refractivity (Wildman–Crippen MR) is 110 cm³/mol. The highest BCUT2D eigenvalue weighted by Gasteiger charge is 2.31. The van der Waals surface area contributed by atoms with Crippen LogP contribution in [-0.2, 0) is 10.0 Å². The Morgan fingerprint density at radius 2 is 1.59 bits per heavy atom. The maximum atomic E-state index is 13.1. The Labute approximate surface area is 184 Å². The third kappa shape index (κ3) is 4.78. The van der Waals surface area contributed by atoms with Crippen molar-refractivity contribution in [1.29, 1.82) is 0 Å². The predicted octanol–water partition coefficient (Wildman–Crippen LogP) is 2.60. The molecule has 8 nitrogen and oxygen atoms in total. The Bertz CT molecular complexity index is 1070. The largest absolute Gasteiger partial charge is 0.490 e. The van der Waals surface area contributed by atoms with Gasteiger partial charge in [0.25, 0.3) is 5.91 Å². The second-order valence-corrected chi connectivity index (χ2v) is 9.20. The van der Waals surface area contributed by atoms with Crippen LogP contribution in [0.1, 0.15) is 16.8 Å². The van der Waals surface area contributed by atoms with Gasteiger partial charge in [0.2, 0.25) is 10.0 Å². The van der Waals surface area contributed by atoms with Crippen molar-refractivity contribution in [3.8, 4) is 17.2 Å². The molecule has 2 aliphatic rings. The number of nitrogens with zero attached hydrogens (tertiary/aromatic N) is 2. The third-order valence-corrected chi connectivity index (χ3v) is 7.10. The zero-order valence-electron chi connectivity index (χ0n) is 17.1. The molecule has 0 spiro atoms. The number of ether oxygens (including phenoxy) is 3. The minimum Gasteiger partial charge on any atom is -0.490 e. The summed E-state index contributed by atoms with van der Waals surface area (Å²) in [6.07, 6.45) is 0.717. The van der Waals surface area contributed by atoms with Crippen LogP contribution in [0.5, 0.6) is 17.2 Å². The quantitative estimate of drug-likeness (QED) is 0.671. The van der Waals surface area contributed by atoms with Crippen molar-refractivity contribution in [2.24, 2.45) is 0 Å². The number of amides is 1. The first-order valence-electron chi connectivity index (χ1n) is 10.1. The number of piperazine rings is 1. The summed E-state index contributed by atoms with van der Waals surface area (Å²) in [5.41, 5.74) is 0.311. The first-order valence-corrected chi connectivity index (χ1v) is 11.5. The molecular weight excluding hydrogens is 446 g/mol. The molecule has 2 heterocycles. The van der Waals surface area contributed by atoms with Crippen molar-refractivity contribution < 1.29 is 36.2 Å². The van der Waals surface area contributed by atoms with Crippen LogP contribution in [0.15, 0.2) is 47.4 Å². The maximum absolute atomic E-state index is 13.1. The normalized spacial score (nSPS) is 17.2. The lowest BCUT2D eigenvalue weighted by atomic mass is 10.2. The first-order chi connectivity index (χ1) is 15.3. The molecule has 172 valence electrons. The first kappa shape index (κ1) is 22.3. The van der Waals surface area contributed by atoms with E-state index in [0.717, 1.165) is 0 Å². The van der Waals surface area contributed by atoms with E-state index in [1.165, 1.54) is 45.6 Å². The Kier molecular flexibility index (Phi) is 6.47. The molecule has 0 bridgehead atoms. The maximum Gasteiger partial charge on any atom is 0.387 e. The van der Waals surface area contributed by atoms with Gasteiger partial charge in [0.05, 0.1) is 18.1 Å². The van der Waals surface area contributed by atoms with Crippen LogP contribution in [0.3, 0.4) is 0 Å². The van der Waals surface area contributed by atoms with E-state index in [2.05, 4.69) is 4.74 Å². The molecule has 0 saturated carbocycles. The standard InChI is InChI=1S/C21H22F2N2O6S/c22-21(23)31-16-4-2-15(3-5-16)20(26)24-8-10-25(11-9-24)32(27,28)17-6-7-18-19(14-17)30-13-1-12-29-18/h2-7,14,21H,1,8-13H2. The molecule has 0 aromatic heterocycles. The van der Waals surface area contributed by atoms with Crippen LogP contribution in [0.25, 0.3) is 0 Å². The fourth-order valence-corrected chi connectivity index (χ4v) is 4.98. The van der Waals surface area contributed by atoms with Gasteiger partial charge in [0.1, 0.15) is 5.75 Å². The van der Waals surface area contributed by atoms with Crippen molar-refractivity contribution in [2.75, 3.05) is 39.4 Å². The fraction of sp³-hybridized carbons (Fsp3) is 0.381.